The number of benzene rings is 2. The Balaban J connectivity index is 1.58. The zero-order chi connectivity index (χ0) is 20.2. The van der Waals surface area contributed by atoms with Crippen molar-refractivity contribution < 1.29 is 13.9 Å². The van der Waals surface area contributed by atoms with Crippen LogP contribution in [0.25, 0.3) is 16.9 Å². The van der Waals surface area contributed by atoms with Crippen molar-refractivity contribution in [2.24, 2.45) is 0 Å². The summed E-state index contributed by atoms with van der Waals surface area (Å²) in [4.78, 5) is 0. The molecule has 0 bridgehead atoms. The maximum atomic E-state index is 13.3. The molecule has 1 unspecified atom stereocenters. The number of aliphatic hydroxyl groups excluding tert-OH is 1. The molecule has 0 saturated heterocycles. The molecule has 0 amide bonds. The highest BCUT2D eigenvalue weighted by molar-refractivity contribution is 5.63. The number of hydrogen-bond donors (Lipinski definition) is 2. The van der Waals surface area contributed by atoms with Crippen LogP contribution in [0.2, 0.25) is 0 Å². The minimum atomic E-state index is -0.722. The molecule has 1 atom stereocenters. The van der Waals surface area contributed by atoms with E-state index in [1.165, 1.54) is 17.7 Å². The summed E-state index contributed by atoms with van der Waals surface area (Å²) in [7, 11) is 0. The second kappa shape index (κ2) is 8.43. The van der Waals surface area contributed by atoms with Crippen LogP contribution in [-0.4, -0.2) is 21.4 Å². The number of rotatable bonds is 7. The van der Waals surface area contributed by atoms with Crippen LogP contribution in [0.4, 0.5) is 4.39 Å². The molecular formula is C23H22FN3O2. The summed E-state index contributed by atoms with van der Waals surface area (Å²) in [6.07, 6.45) is 2.75. The lowest BCUT2D eigenvalue weighted by molar-refractivity contribution is 0.147. The van der Waals surface area contributed by atoms with Crippen molar-refractivity contribution >= 4 is 0 Å². The van der Waals surface area contributed by atoms with Gasteiger partial charge in [0, 0.05) is 30.4 Å². The minimum Gasteiger partial charge on any atom is -0.467 e. The van der Waals surface area contributed by atoms with Crippen LogP contribution in [-0.2, 0) is 6.54 Å². The van der Waals surface area contributed by atoms with Crippen LogP contribution in [0.3, 0.4) is 0 Å². The van der Waals surface area contributed by atoms with Gasteiger partial charge in [0.1, 0.15) is 17.7 Å². The number of aromatic nitrogens is 2. The van der Waals surface area contributed by atoms with Gasteiger partial charge in [-0.1, -0.05) is 29.8 Å². The number of hydrogen-bond acceptors (Lipinski definition) is 4. The van der Waals surface area contributed by atoms with Crippen molar-refractivity contribution in [1.82, 2.24) is 15.1 Å². The summed E-state index contributed by atoms with van der Waals surface area (Å²) in [5, 5.41) is 18.2. The maximum Gasteiger partial charge on any atom is 0.133 e. The largest absolute Gasteiger partial charge is 0.467 e. The molecule has 148 valence electrons. The van der Waals surface area contributed by atoms with Gasteiger partial charge in [0.2, 0.25) is 0 Å². The van der Waals surface area contributed by atoms with E-state index in [0.717, 1.165) is 22.5 Å². The Morgan fingerprint density at radius 1 is 1.10 bits per heavy atom. The minimum absolute atomic E-state index is 0.284. The number of aliphatic hydroxyl groups is 1. The molecule has 6 heteroatoms. The highest BCUT2D eigenvalue weighted by atomic mass is 19.1. The average Bonchev–Trinajstić information content (AvgIpc) is 3.40. The molecule has 0 radical (unpaired) electrons. The monoisotopic (exact) mass is 391 g/mol. The first kappa shape index (κ1) is 19.1. The summed E-state index contributed by atoms with van der Waals surface area (Å²) in [5.74, 6) is 0.242. The van der Waals surface area contributed by atoms with Crippen molar-refractivity contribution in [3.8, 4) is 16.9 Å². The lowest BCUT2D eigenvalue weighted by Gasteiger charge is -2.09. The summed E-state index contributed by atoms with van der Waals surface area (Å²) in [6, 6.07) is 17.9. The quantitative estimate of drug-likeness (QED) is 0.490. The molecule has 0 saturated carbocycles. The van der Waals surface area contributed by atoms with E-state index in [1.54, 1.807) is 35.2 Å². The van der Waals surface area contributed by atoms with Gasteiger partial charge in [0.15, 0.2) is 0 Å². The van der Waals surface area contributed by atoms with Crippen LogP contribution in [0.1, 0.15) is 23.0 Å². The van der Waals surface area contributed by atoms with Gasteiger partial charge in [0.05, 0.1) is 17.6 Å². The Hall–Kier alpha value is -3.22. The first-order chi connectivity index (χ1) is 14.1. The molecule has 2 N–H and O–H groups in total. The van der Waals surface area contributed by atoms with Crippen LogP contribution in [0.5, 0.6) is 0 Å². The Labute approximate surface area is 168 Å². The van der Waals surface area contributed by atoms with Gasteiger partial charge >= 0.3 is 0 Å². The van der Waals surface area contributed by atoms with Crippen LogP contribution in [0, 0.1) is 12.7 Å². The van der Waals surface area contributed by atoms with Gasteiger partial charge < -0.3 is 14.8 Å². The Bertz CT molecular complexity index is 1050. The molecule has 0 spiro atoms. The third-order valence-electron chi connectivity index (χ3n) is 4.73. The van der Waals surface area contributed by atoms with E-state index in [-0.39, 0.29) is 5.82 Å². The van der Waals surface area contributed by atoms with Crippen molar-refractivity contribution in [2.75, 3.05) is 6.54 Å². The Morgan fingerprint density at radius 2 is 1.86 bits per heavy atom. The fourth-order valence-electron chi connectivity index (χ4n) is 3.14. The van der Waals surface area contributed by atoms with Crippen LogP contribution < -0.4 is 5.32 Å². The summed E-state index contributed by atoms with van der Waals surface area (Å²) < 4.78 is 20.3. The predicted molar refractivity (Wildman–Crippen MR) is 109 cm³/mol. The van der Waals surface area contributed by atoms with Crippen LogP contribution in [0.15, 0.2) is 77.5 Å². The summed E-state index contributed by atoms with van der Waals surface area (Å²) in [6.45, 7) is 2.91. The van der Waals surface area contributed by atoms with Gasteiger partial charge in [-0.3, -0.25) is 0 Å². The van der Waals surface area contributed by atoms with Gasteiger partial charge in [0.25, 0.3) is 0 Å². The number of furan rings is 1. The van der Waals surface area contributed by atoms with Gasteiger partial charge in [-0.05, 0) is 43.3 Å². The lowest BCUT2D eigenvalue weighted by atomic mass is 10.1. The van der Waals surface area contributed by atoms with Crippen molar-refractivity contribution in [3.63, 3.8) is 0 Å². The van der Waals surface area contributed by atoms with Gasteiger partial charge in [-0.2, -0.15) is 5.10 Å². The molecule has 0 aliphatic heterocycles. The zero-order valence-electron chi connectivity index (χ0n) is 16.0. The second-order valence-corrected chi connectivity index (χ2v) is 6.95. The molecule has 4 aromatic rings. The Morgan fingerprint density at radius 3 is 2.55 bits per heavy atom. The third-order valence-corrected chi connectivity index (χ3v) is 4.73. The SMILES string of the molecule is Cc1ccc(-c2nn(-c3ccc(F)cc3)cc2CNCC(O)c2ccco2)cc1. The van der Waals surface area contributed by atoms with E-state index in [1.807, 2.05) is 37.4 Å². The number of halogens is 1. The molecule has 2 aromatic heterocycles. The highest BCUT2D eigenvalue weighted by Crippen LogP contribution is 2.24. The van der Waals surface area contributed by atoms with E-state index < -0.39 is 6.10 Å². The Kier molecular flexibility index (Phi) is 5.55. The molecular weight excluding hydrogens is 369 g/mol. The van der Waals surface area contributed by atoms with Crippen molar-refractivity contribution in [3.05, 3.63) is 95.8 Å². The van der Waals surface area contributed by atoms with E-state index in [4.69, 9.17) is 9.52 Å². The van der Waals surface area contributed by atoms with E-state index in [0.29, 0.717) is 18.8 Å². The van der Waals surface area contributed by atoms with E-state index >= 15 is 0 Å². The highest BCUT2D eigenvalue weighted by Gasteiger charge is 2.14. The number of aryl methyl sites for hydroxylation is 1. The molecule has 4 rings (SSSR count). The molecule has 0 fully saturated rings. The van der Waals surface area contributed by atoms with Crippen molar-refractivity contribution in [2.45, 2.75) is 19.6 Å². The first-order valence-corrected chi connectivity index (χ1v) is 9.44. The standard InChI is InChI=1S/C23H22FN3O2/c1-16-4-6-17(7-5-16)23-18(13-25-14-21(28)22-3-2-12-29-22)15-27(26-23)20-10-8-19(24)9-11-20/h2-12,15,21,25,28H,13-14H2,1H3. The van der Waals surface area contributed by atoms with Gasteiger partial charge in [-0.25, -0.2) is 9.07 Å². The third kappa shape index (κ3) is 4.45. The van der Waals surface area contributed by atoms with E-state index in [2.05, 4.69) is 5.32 Å². The molecule has 2 heterocycles. The van der Waals surface area contributed by atoms with Crippen molar-refractivity contribution in [1.29, 1.82) is 0 Å². The molecule has 0 aliphatic carbocycles. The normalized spacial score (nSPS) is 12.2. The fourth-order valence-corrected chi connectivity index (χ4v) is 3.14. The molecule has 5 nitrogen and oxygen atoms in total. The summed E-state index contributed by atoms with van der Waals surface area (Å²) >= 11 is 0. The number of nitrogens with zero attached hydrogens (tertiary/aromatic N) is 2. The second-order valence-electron chi connectivity index (χ2n) is 6.95. The smallest absolute Gasteiger partial charge is 0.133 e. The first-order valence-electron chi connectivity index (χ1n) is 9.44. The molecule has 29 heavy (non-hydrogen) atoms. The molecule has 2 aromatic carbocycles. The lowest BCUT2D eigenvalue weighted by Crippen LogP contribution is -2.20. The maximum absolute atomic E-state index is 13.3. The van der Waals surface area contributed by atoms with E-state index in [9.17, 15) is 9.50 Å². The zero-order valence-corrected chi connectivity index (χ0v) is 16.0. The average molecular weight is 391 g/mol. The topological polar surface area (TPSA) is 63.2 Å². The predicted octanol–water partition coefficient (Wildman–Crippen LogP) is 4.40. The summed E-state index contributed by atoms with van der Waals surface area (Å²) in [5.41, 5.74) is 4.77. The number of nitrogens with one attached hydrogen (secondary N) is 1. The molecule has 0 aliphatic rings. The van der Waals surface area contributed by atoms with Gasteiger partial charge in [-0.15, -0.1) is 0 Å². The van der Waals surface area contributed by atoms with Crippen LogP contribution >= 0.6 is 0 Å². The fraction of sp³-hybridized carbons (Fsp3) is 0.174.